The maximum absolute atomic E-state index is 4.67. The molecule has 0 unspecified atom stereocenters. The van der Waals surface area contributed by atoms with E-state index in [1.54, 1.807) is 0 Å². The Bertz CT molecular complexity index is 832. The Morgan fingerprint density at radius 1 is 0.731 bits per heavy atom. The monoisotopic (exact) mass is 345 g/mol. The number of pyridine rings is 1. The molecule has 0 atom stereocenters. The van der Waals surface area contributed by atoms with Crippen molar-refractivity contribution in [3.05, 3.63) is 66.9 Å². The second-order valence-electron chi connectivity index (χ2n) is 6.56. The van der Waals surface area contributed by atoms with Gasteiger partial charge in [-0.05, 0) is 49.7 Å². The number of anilines is 2. The van der Waals surface area contributed by atoms with Crippen LogP contribution < -0.4 is 9.80 Å². The smallest absolute Gasteiger partial charge is 0.0780 e. The van der Waals surface area contributed by atoms with Gasteiger partial charge in [-0.1, -0.05) is 30.3 Å². The highest BCUT2D eigenvalue weighted by molar-refractivity contribution is 5.81. The van der Waals surface area contributed by atoms with Crippen LogP contribution in [-0.2, 0) is 0 Å². The molecule has 26 heavy (non-hydrogen) atoms. The number of hydrogen-bond donors (Lipinski definition) is 0. The summed E-state index contributed by atoms with van der Waals surface area (Å²) in [6.45, 7) is 6.41. The maximum Gasteiger partial charge on any atom is 0.0780 e. The standard InChI is InChI=1S/C23H27N3/c1-5-26(6-2)21-15-11-19(12-16-21)23-22(8-7-17-24-23)18-9-13-20(14-10-18)25(3)4/h7-17H,5-6H2,1-4H3. The highest BCUT2D eigenvalue weighted by Gasteiger charge is 2.10. The summed E-state index contributed by atoms with van der Waals surface area (Å²) in [6, 6.07) is 21.5. The van der Waals surface area contributed by atoms with Gasteiger partial charge in [0.1, 0.15) is 0 Å². The Balaban J connectivity index is 1.97. The minimum Gasteiger partial charge on any atom is -0.378 e. The first-order valence-corrected chi connectivity index (χ1v) is 9.22. The average Bonchev–Trinajstić information content (AvgIpc) is 2.69. The van der Waals surface area contributed by atoms with Gasteiger partial charge >= 0.3 is 0 Å². The molecule has 0 aliphatic heterocycles. The fraction of sp³-hybridized carbons (Fsp3) is 0.261. The SMILES string of the molecule is CCN(CC)c1ccc(-c2ncccc2-c2ccc(N(C)C)cc2)cc1. The first-order chi connectivity index (χ1) is 12.6. The van der Waals surface area contributed by atoms with Crippen molar-refractivity contribution in [2.24, 2.45) is 0 Å². The largest absolute Gasteiger partial charge is 0.378 e. The van der Waals surface area contributed by atoms with E-state index in [1.165, 1.54) is 16.9 Å². The van der Waals surface area contributed by atoms with E-state index in [-0.39, 0.29) is 0 Å². The zero-order valence-corrected chi connectivity index (χ0v) is 16.1. The van der Waals surface area contributed by atoms with Crippen LogP contribution in [0.1, 0.15) is 13.8 Å². The second kappa shape index (κ2) is 8.05. The molecule has 0 saturated heterocycles. The zero-order chi connectivity index (χ0) is 18.5. The van der Waals surface area contributed by atoms with Gasteiger partial charge in [-0.2, -0.15) is 0 Å². The predicted molar refractivity (Wildman–Crippen MR) is 113 cm³/mol. The molecule has 0 saturated carbocycles. The van der Waals surface area contributed by atoms with Gasteiger partial charge in [0.15, 0.2) is 0 Å². The van der Waals surface area contributed by atoms with Crippen LogP contribution in [-0.4, -0.2) is 32.2 Å². The lowest BCUT2D eigenvalue weighted by Crippen LogP contribution is -2.21. The lowest BCUT2D eigenvalue weighted by atomic mass is 9.99. The van der Waals surface area contributed by atoms with Gasteiger partial charge in [-0.3, -0.25) is 4.98 Å². The molecule has 3 rings (SSSR count). The number of nitrogens with zero attached hydrogens (tertiary/aromatic N) is 3. The summed E-state index contributed by atoms with van der Waals surface area (Å²) in [7, 11) is 4.11. The second-order valence-corrected chi connectivity index (χ2v) is 6.56. The van der Waals surface area contributed by atoms with E-state index in [4.69, 9.17) is 0 Å². The molecule has 0 fully saturated rings. The van der Waals surface area contributed by atoms with E-state index in [1.807, 2.05) is 12.3 Å². The first-order valence-electron chi connectivity index (χ1n) is 9.22. The number of benzene rings is 2. The molecule has 0 bridgehead atoms. The summed E-state index contributed by atoms with van der Waals surface area (Å²) in [6.07, 6.45) is 1.87. The summed E-state index contributed by atoms with van der Waals surface area (Å²) in [4.78, 5) is 9.13. The Morgan fingerprint density at radius 3 is 1.88 bits per heavy atom. The molecule has 0 spiro atoms. The maximum atomic E-state index is 4.67. The molecule has 2 aromatic carbocycles. The van der Waals surface area contributed by atoms with Crippen LogP contribution in [0, 0.1) is 0 Å². The average molecular weight is 345 g/mol. The van der Waals surface area contributed by atoms with E-state index >= 15 is 0 Å². The quantitative estimate of drug-likeness (QED) is 0.602. The van der Waals surface area contributed by atoms with E-state index < -0.39 is 0 Å². The van der Waals surface area contributed by atoms with Crippen LogP contribution in [0.25, 0.3) is 22.4 Å². The van der Waals surface area contributed by atoms with Gasteiger partial charge in [0, 0.05) is 55.9 Å². The summed E-state index contributed by atoms with van der Waals surface area (Å²) < 4.78 is 0. The number of hydrogen-bond acceptors (Lipinski definition) is 3. The van der Waals surface area contributed by atoms with Crippen molar-refractivity contribution in [2.75, 3.05) is 37.0 Å². The van der Waals surface area contributed by atoms with Gasteiger partial charge in [0.2, 0.25) is 0 Å². The topological polar surface area (TPSA) is 19.4 Å². The molecular formula is C23H27N3. The Kier molecular flexibility index (Phi) is 5.57. The third-order valence-electron chi connectivity index (χ3n) is 4.77. The molecular weight excluding hydrogens is 318 g/mol. The summed E-state index contributed by atoms with van der Waals surface area (Å²) in [5.74, 6) is 0. The van der Waals surface area contributed by atoms with Crippen molar-refractivity contribution in [3.8, 4) is 22.4 Å². The highest BCUT2D eigenvalue weighted by atomic mass is 15.1. The van der Waals surface area contributed by atoms with Gasteiger partial charge in [-0.25, -0.2) is 0 Å². The van der Waals surface area contributed by atoms with Crippen LogP contribution in [0.5, 0.6) is 0 Å². The summed E-state index contributed by atoms with van der Waals surface area (Å²) in [5.41, 5.74) is 6.97. The van der Waals surface area contributed by atoms with Crippen molar-refractivity contribution >= 4 is 11.4 Å². The van der Waals surface area contributed by atoms with E-state index in [9.17, 15) is 0 Å². The molecule has 0 amide bonds. The minimum absolute atomic E-state index is 1.02. The van der Waals surface area contributed by atoms with E-state index in [2.05, 4.69) is 97.3 Å². The lowest BCUT2D eigenvalue weighted by molar-refractivity contribution is 0.866. The molecule has 1 heterocycles. The molecule has 0 aliphatic carbocycles. The van der Waals surface area contributed by atoms with Crippen molar-refractivity contribution < 1.29 is 0 Å². The fourth-order valence-electron chi connectivity index (χ4n) is 3.23. The molecule has 0 aliphatic rings. The van der Waals surface area contributed by atoms with Gasteiger partial charge in [0.25, 0.3) is 0 Å². The minimum atomic E-state index is 1.02. The van der Waals surface area contributed by atoms with Crippen LogP contribution >= 0.6 is 0 Å². The van der Waals surface area contributed by atoms with Crippen molar-refractivity contribution in [1.29, 1.82) is 0 Å². The van der Waals surface area contributed by atoms with E-state index in [0.717, 1.165) is 29.9 Å². The Labute approximate surface area is 156 Å². The molecule has 3 heteroatoms. The first kappa shape index (κ1) is 18.0. The van der Waals surface area contributed by atoms with Crippen molar-refractivity contribution in [3.63, 3.8) is 0 Å². The molecule has 3 nitrogen and oxygen atoms in total. The van der Waals surface area contributed by atoms with Crippen LogP contribution in [0.15, 0.2) is 66.9 Å². The van der Waals surface area contributed by atoms with Gasteiger partial charge < -0.3 is 9.80 Å². The Morgan fingerprint density at radius 2 is 1.31 bits per heavy atom. The van der Waals surface area contributed by atoms with Crippen LogP contribution in [0.4, 0.5) is 11.4 Å². The number of rotatable bonds is 6. The third-order valence-corrected chi connectivity index (χ3v) is 4.77. The molecule has 1 aromatic heterocycles. The number of aromatic nitrogens is 1. The van der Waals surface area contributed by atoms with Gasteiger partial charge in [-0.15, -0.1) is 0 Å². The van der Waals surface area contributed by atoms with Crippen molar-refractivity contribution in [2.45, 2.75) is 13.8 Å². The van der Waals surface area contributed by atoms with Crippen LogP contribution in [0.3, 0.4) is 0 Å². The summed E-state index contributed by atoms with van der Waals surface area (Å²) >= 11 is 0. The van der Waals surface area contributed by atoms with E-state index in [0.29, 0.717) is 0 Å². The zero-order valence-electron chi connectivity index (χ0n) is 16.1. The van der Waals surface area contributed by atoms with Crippen molar-refractivity contribution in [1.82, 2.24) is 4.98 Å². The Hall–Kier alpha value is -2.81. The molecule has 134 valence electrons. The molecule has 0 N–H and O–H groups in total. The normalized spacial score (nSPS) is 10.6. The molecule has 0 radical (unpaired) electrons. The lowest BCUT2D eigenvalue weighted by Gasteiger charge is -2.21. The van der Waals surface area contributed by atoms with Crippen LogP contribution in [0.2, 0.25) is 0 Å². The fourth-order valence-corrected chi connectivity index (χ4v) is 3.23. The van der Waals surface area contributed by atoms with Gasteiger partial charge in [0.05, 0.1) is 5.69 Å². The predicted octanol–water partition coefficient (Wildman–Crippen LogP) is 5.33. The molecule has 3 aromatic rings. The highest BCUT2D eigenvalue weighted by Crippen LogP contribution is 2.32. The summed E-state index contributed by atoms with van der Waals surface area (Å²) in [5, 5.41) is 0. The third kappa shape index (κ3) is 3.72.